The van der Waals surface area contributed by atoms with Crippen molar-refractivity contribution in [3.63, 3.8) is 0 Å². The van der Waals surface area contributed by atoms with E-state index in [2.05, 4.69) is 0 Å². The fourth-order valence-electron chi connectivity index (χ4n) is 3.22. The van der Waals surface area contributed by atoms with E-state index in [9.17, 15) is 13.2 Å². The van der Waals surface area contributed by atoms with E-state index in [4.69, 9.17) is 8.83 Å². The lowest BCUT2D eigenvalue weighted by Gasteiger charge is -2.20. The van der Waals surface area contributed by atoms with E-state index in [0.29, 0.717) is 12.3 Å². The number of hydrogen-bond acceptors (Lipinski definition) is 5. The molecule has 1 amide bonds. The minimum Gasteiger partial charge on any atom is -0.467 e. The zero-order valence-electron chi connectivity index (χ0n) is 16.7. The monoisotopic (exact) mass is 435 g/mol. The molecule has 31 heavy (non-hydrogen) atoms. The molecule has 0 atom stereocenters. The van der Waals surface area contributed by atoms with E-state index in [1.165, 1.54) is 24.3 Å². The molecule has 0 aliphatic heterocycles. The summed E-state index contributed by atoms with van der Waals surface area (Å²) in [6.45, 7) is 0.623. The third-order valence-electron chi connectivity index (χ3n) is 4.74. The largest absolute Gasteiger partial charge is 0.467 e. The quantitative estimate of drug-likeness (QED) is 0.401. The fraction of sp³-hybridized carbons (Fsp3) is 0.125. The van der Waals surface area contributed by atoms with Crippen LogP contribution in [0.15, 0.2) is 105 Å². The normalized spacial score (nSPS) is 11.4. The molecule has 0 aliphatic rings. The van der Waals surface area contributed by atoms with Crippen LogP contribution in [0.1, 0.15) is 27.6 Å². The van der Waals surface area contributed by atoms with Crippen LogP contribution < -0.4 is 0 Å². The summed E-state index contributed by atoms with van der Waals surface area (Å²) >= 11 is 0. The summed E-state index contributed by atoms with van der Waals surface area (Å²) < 4.78 is 36.2. The van der Waals surface area contributed by atoms with E-state index in [-0.39, 0.29) is 34.6 Å². The standard InChI is InChI=1S/C24H21NO5S/c26-24(25(17-20-10-7-15-29-20)16-19-8-3-1-4-9-19)23-14-13-21(30-23)18-31(27,28)22-11-5-2-6-12-22/h1-15H,16-18H2. The highest BCUT2D eigenvalue weighted by Gasteiger charge is 2.23. The highest BCUT2D eigenvalue weighted by atomic mass is 32.2. The summed E-state index contributed by atoms with van der Waals surface area (Å²) in [5.41, 5.74) is 0.959. The number of sulfone groups is 1. The Bertz CT molecular complexity index is 1230. The lowest BCUT2D eigenvalue weighted by atomic mass is 10.2. The van der Waals surface area contributed by atoms with Gasteiger partial charge in [-0.05, 0) is 42.0 Å². The van der Waals surface area contributed by atoms with Gasteiger partial charge in [0.05, 0.1) is 17.7 Å². The minimum absolute atomic E-state index is 0.0840. The molecule has 158 valence electrons. The Hall–Kier alpha value is -3.58. The molecule has 2 heterocycles. The Morgan fingerprint density at radius 1 is 0.774 bits per heavy atom. The third-order valence-corrected chi connectivity index (χ3v) is 6.39. The first-order valence-corrected chi connectivity index (χ1v) is 11.4. The van der Waals surface area contributed by atoms with Crippen molar-refractivity contribution in [2.45, 2.75) is 23.7 Å². The average Bonchev–Trinajstić information content (AvgIpc) is 3.46. The first-order chi connectivity index (χ1) is 15.0. The summed E-state index contributed by atoms with van der Waals surface area (Å²) in [6.07, 6.45) is 1.56. The third kappa shape index (κ3) is 5.13. The molecule has 0 N–H and O–H groups in total. The average molecular weight is 436 g/mol. The number of carbonyl (C=O) groups excluding carboxylic acids is 1. The lowest BCUT2D eigenvalue weighted by Crippen LogP contribution is -2.29. The molecule has 0 fully saturated rings. The van der Waals surface area contributed by atoms with Gasteiger partial charge in [-0.3, -0.25) is 4.79 Å². The molecule has 0 saturated carbocycles. The number of benzene rings is 2. The Morgan fingerprint density at radius 3 is 2.16 bits per heavy atom. The maximum atomic E-state index is 13.2. The molecule has 0 radical (unpaired) electrons. The lowest BCUT2D eigenvalue weighted by molar-refractivity contribution is 0.0683. The van der Waals surface area contributed by atoms with Crippen molar-refractivity contribution in [2.24, 2.45) is 0 Å². The number of nitrogens with zero attached hydrogens (tertiary/aromatic N) is 1. The SMILES string of the molecule is O=C(c1ccc(CS(=O)(=O)c2ccccc2)o1)N(Cc1ccccc1)Cc1ccco1. The zero-order valence-corrected chi connectivity index (χ0v) is 17.5. The fourth-order valence-corrected chi connectivity index (χ4v) is 4.49. The van der Waals surface area contributed by atoms with Crippen molar-refractivity contribution in [3.8, 4) is 0 Å². The number of carbonyl (C=O) groups is 1. The highest BCUT2D eigenvalue weighted by molar-refractivity contribution is 7.90. The van der Waals surface area contributed by atoms with Gasteiger partial charge in [0.15, 0.2) is 15.6 Å². The molecule has 2 aromatic heterocycles. The first kappa shape index (κ1) is 20.7. The Balaban J connectivity index is 1.54. The summed E-state index contributed by atoms with van der Waals surface area (Å²) in [7, 11) is -3.57. The smallest absolute Gasteiger partial charge is 0.290 e. The van der Waals surface area contributed by atoms with Crippen LogP contribution in [-0.2, 0) is 28.7 Å². The molecule has 0 bridgehead atoms. The van der Waals surface area contributed by atoms with Crippen molar-refractivity contribution in [1.29, 1.82) is 0 Å². The molecule has 0 aliphatic carbocycles. The van der Waals surface area contributed by atoms with Crippen LogP contribution in [0.2, 0.25) is 0 Å². The van der Waals surface area contributed by atoms with Gasteiger partial charge in [0.25, 0.3) is 5.91 Å². The maximum Gasteiger partial charge on any atom is 0.290 e. The predicted molar refractivity (Wildman–Crippen MR) is 115 cm³/mol. The summed E-state index contributed by atoms with van der Waals surface area (Å²) in [5.74, 6) is 0.276. The molecular weight excluding hydrogens is 414 g/mol. The maximum absolute atomic E-state index is 13.2. The van der Waals surface area contributed by atoms with Gasteiger partial charge in [-0.2, -0.15) is 0 Å². The molecule has 4 aromatic rings. The number of furan rings is 2. The highest BCUT2D eigenvalue weighted by Crippen LogP contribution is 2.20. The first-order valence-electron chi connectivity index (χ1n) is 9.73. The van der Waals surface area contributed by atoms with Gasteiger partial charge in [0.2, 0.25) is 0 Å². The zero-order chi connectivity index (χ0) is 21.7. The second kappa shape index (κ2) is 9.06. The number of rotatable bonds is 8. The van der Waals surface area contributed by atoms with E-state index >= 15 is 0 Å². The molecule has 0 saturated heterocycles. The number of hydrogen-bond donors (Lipinski definition) is 0. The van der Waals surface area contributed by atoms with Gasteiger partial charge >= 0.3 is 0 Å². The van der Waals surface area contributed by atoms with E-state index in [1.54, 1.807) is 41.5 Å². The number of amides is 1. The van der Waals surface area contributed by atoms with E-state index in [0.717, 1.165) is 5.56 Å². The van der Waals surface area contributed by atoms with Crippen molar-refractivity contribution < 1.29 is 22.0 Å². The Morgan fingerprint density at radius 2 is 1.48 bits per heavy atom. The van der Waals surface area contributed by atoms with Crippen LogP contribution in [0.5, 0.6) is 0 Å². The van der Waals surface area contributed by atoms with Crippen LogP contribution in [-0.4, -0.2) is 19.2 Å². The van der Waals surface area contributed by atoms with Crippen LogP contribution >= 0.6 is 0 Å². The van der Waals surface area contributed by atoms with Crippen LogP contribution in [0, 0.1) is 0 Å². The topological polar surface area (TPSA) is 80.7 Å². The minimum atomic E-state index is -3.57. The van der Waals surface area contributed by atoms with Gasteiger partial charge in [-0.25, -0.2) is 8.42 Å². The van der Waals surface area contributed by atoms with Gasteiger partial charge in [0.1, 0.15) is 17.3 Å². The second-order valence-corrected chi connectivity index (χ2v) is 9.05. The van der Waals surface area contributed by atoms with Crippen molar-refractivity contribution >= 4 is 15.7 Å². The summed E-state index contributed by atoms with van der Waals surface area (Å²) in [5, 5.41) is 0. The summed E-state index contributed by atoms with van der Waals surface area (Å²) in [4.78, 5) is 15.0. The van der Waals surface area contributed by atoms with E-state index in [1.807, 2.05) is 30.3 Å². The van der Waals surface area contributed by atoms with Gasteiger partial charge in [0, 0.05) is 6.54 Å². The van der Waals surface area contributed by atoms with Gasteiger partial charge in [-0.1, -0.05) is 48.5 Å². The van der Waals surface area contributed by atoms with Crippen LogP contribution in [0.4, 0.5) is 0 Å². The van der Waals surface area contributed by atoms with Gasteiger partial charge in [-0.15, -0.1) is 0 Å². The molecule has 0 spiro atoms. The molecule has 2 aromatic carbocycles. The molecule has 7 heteroatoms. The second-order valence-electron chi connectivity index (χ2n) is 7.06. The Kier molecular flexibility index (Phi) is 6.04. The predicted octanol–water partition coefficient (Wildman–Crippen LogP) is 4.69. The molecule has 0 unspecified atom stereocenters. The van der Waals surface area contributed by atoms with E-state index < -0.39 is 9.84 Å². The molecular formula is C24H21NO5S. The van der Waals surface area contributed by atoms with Crippen molar-refractivity contribution in [2.75, 3.05) is 0 Å². The van der Waals surface area contributed by atoms with Crippen molar-refractivity contribution in [3.05, 3.63) is 114 Å². The molecule has 4 rings (SSSR count). The van der Waals surface area contributed by atoms with Crippen molar-refractivity contribution in [1.82, 2.24) is 4.90 Å². The van der Waals surface area contributed by atoms with Crippen LogP contribution in [0.25, 0.3) is 0 Å². The molecule has 6 nitrogen and oxygen atoms in total. The Labute approximate surface area is 180 Å². The van der Waals surface area contributed by atoms with Crippen LogP contribution in [0.3, 0.4) is 0 Å². The summed E-state index contributed by atoms with van der Waals surface area (Å²) in [6, 6.07) is 24.4. The van der Waals surface area contributed by atoms with Gasteiger partial charge < -0.3 is 13.7 Å².